The summed E-state index contributed by atoms with van der Waals surface area (Å²) in [5.41, 5.74) is 0. The summed E-state index contributed by atoms with van der Waals surface area (Å²) in [7, 11) is 4.39. The van der Waals surface area contributed by atoms with Crippen molar-refractivity contribution in [3.63, 3.8) is 0 Å². The van der Waals surface area contributed by atoms with Crippen LogP contribution in [-0.2, 0) is 0 Å². The van der Waals surface area contributed by atoms with Crippen LogP contribution in [0.3, 0.4) is 0 Å². The molecule has 0 bridgehead atoms. The van der Waals surface area contributed by atoms with Gasteiger partial charge in [-0.2, -0.15) is 0 Å². The summed E-state index contributed by atoms with van der Waals surface area (Å²) in [5, 5.41) is 0. The summed E-state index contributed by atoms with van der Waals surface area (Å²) in [4.78, 5) is 0. The monoisotopic (exact) mass is 333 g/mol. The van der Waals surface area contributed by atoms with Gasteiger partial charge in [0.25, 0.3) is 0 Å². The van der Waals surface area contributed by atoms with E-state index in [1.165, 1.54) is 45.1 Å². The average Bonchev–Trinajstić information content (AvgIpc) is 2.11. The molecule has 0 spiro atoms. The van der Waals surface area contributed by atoms with E-state index >= 15 is 0 Å². The molecule has 0 amide bonds. The molecule has 0 N–H and O–H groups in total. The van der Waals surface area contributed by atoms with Gasteiger partial charge in [0, 0.05) is 0 Å². The van der Waals surface area contributed by atoms with Crippen molar-refractivity contribution < 1.29 is 28.5 Å². The minimum absolute atomic E-state index is 0. The second-order valence-corrected chi connectivity index (χ2v) is 4.79. The predicted molar refractivity (Wildman–Crippen MR) is 61.1 cm³/mol. The third-order valence-corrected chi connectivity index (χ3v) is 3.09. The molecule has 0 unspecified atom stereocenters. The van der Waals surface area contributed by atoms with Gasteiger partial charge < -0.3 is 28.5 Å². The number of quaternary nitrogens is 1. The van der Waals surface area contributed by atoms with Crippen LogP contribution in [0.5, 0.6) is 0 Å². The highest BCUT2D eigenvalue weighted by Crippen LogP contribution is 2.08. The topological polar surface area (TPSA) is 0 Å². The lowest BCUT2D eigenvalue weighted by molar-refractivity contribution is -0.879. The molecule has 0 aliphatic rings. The van der Waals surface area contributed by atoms with E-state index in [-0.39, 0.29) is 24.0 Å². The number of hydrogen-bond acceptors (Lipinski definition) is 0. The predicted octanol–water partition coefficient (Wildman–Crippen LogP) is 0.624. The molecule has 0 aromatic heterocycles. The number of alkyl halides is 1. The van der Waals surface area contributed by atoms with E-state index in [1.807, 2.05) is 0 Å². The van der Waals surface area contributed by atoms with E-state index in [4.69, 9.17) is 11.6 Å². The van der Waals surface area contributed by atoms with Crippen molar-refractivity contribution in [2.45, 2.75) is 45.4 Å². The Balaban J connectivity index is 0. The molecule has 0 aromatic carbocycles. The van der Waals surface area contributed by atoms with Crippen molar-refractivity contribution in [2.75, 3.05) is 26.6 Å². The molecule has 0 aromatic rings. The van der Waals surface area contributed by atoms with Crippen LogP contribution in [0.4, 0.5) is 0 Å². The third kappa shape index (κ3) is 11.1. The van der Waals surface area contributed by atoms with Crippen molar-refractivity contribution in [3.8, 4) is 0 Å². The van der Waals surface area contributed by atoms with Crippen molar-refractivity contribution in [3.05, 3.63) is 0 Å². The van der Waals surface area contributed by atoms with Gasteiger partial charge in [-0.25, -0.2) is 0 Å². The van der Waals surface area contributed by atoms with Crippen molar-refractivity contribution in [1.82, 2.24) is 0 Å². The largest absolute Gasteiger partial charge is 1.00 e. The molecule has 14 heavy (non-hydrogen) atoms. The molecule has 1 nitrogen and oxygen atoms in total. The Morgan fingerprint density at radius 2 is 1.43 bits per heavy atom. The number of nitrogens with zero attached hydrogens (tertiary/aromatic N) is 1. The Hall–Kier alpha value is 0.980. The van der Waals surface area contributed by atoms with Crippen molar-refractivity contribution in [1.29, 1.82) is 0 Å². The highest BCUT2D eigenvalue weighted by atomic mass is 127. The number of hydrogen-bond donors (Lipinski definition) is 0. The van der Waals surface area contributed by atoms with E-state index in [0.717, 1.165) is 10.5 Å². The first-order valence-corrected chi connectivity index (χ1v) is 6.04. The quantitative estimate of drug-likeness (QED) is 0.201. The lowest BCUT2D eigenvalue weighted by atomic mass is 10.1. The lowest BCUT2D eigenvalue weighted by Crippen LogP contribution is -3.00. The van der Waals surface area contributed by atoms with Gasteiger partial charge in [0.2, 0.25) is 0 Å². The van der Waals surface area contributed by atoms with E-state index in [1.54, 1.807) is 0 Å². The van der Waals surface area contributed by atoms with Crippen LogP contribution in [0.25, 0.3) is 0 Å². The molecule has 0 aliphatic carbocycles. The average molecular weight is 334 g/mol. The third-order valence-electron chi connectivity index (χ3n) is 2.44. The van der Waals surface area contributed by atoms with Gasteiger partial charge in [-0.15, -0.1) is 0 Å². The summed E-state index contributed by atoms with van der Waals surface area (Å²) in [5.74, 6) is 0. The summed E-state index contributed by atoms with van der Waals surface area (Å²) in [6.45, 7) is 3.48. The highest BCUT2D eigenvalue weighted by Gasteiger charge is 2.11. The minimum Gasteiger partial charge on any atom is -1.00 e. The Morgan fingerprint density at radius 1 is 0.929 bits per heavy atom. The normalized spacial score (nSPS) is 11.1. The van der Waals surface area contributed by atoms with Crippen LogP contribution >= 0.6 is 11.6 Å². The zero-order chi connectivity index (χ0) is 10.2. The number of halogens is 2. The van der Waals surface area contributed by atoms with Crippen LogP contribution < -0.4 is 24.0 Å². The van der Waals surface area contributed by atoms with Gasteiger partial charge >= 0.3 is 0 Å². The number of unbranched alkanes of at least 4 members (excludes halogenated alkanes) is 5. The van der Waals surface area contributed by atoms with Crippen molar-refractivity contribution in [2.24, 2.45) is 0 Å². The van der Waals surface area contributed by atoms with Gasteiger partial charge in [0.05, 0.1) is 20.6 Å². The van der Waals surface area contributed by atoms with Gasteiger partial charge in [0.15, 0.2) is 6.00 Å². The molecular weight excluding hydrogens is 308 g/mol. The molecular formula is C11H25ClIN. The van der Waals surface area contributed by atoms with E-state index in [9.17, 15) is 0 Å². The Labute approximate surface area is 112 Å². The molecule has 0 saturated carbocycles. The minimum atomic E-state index is 0. The summed E-state index contributed by atoms with van der Waals surface area (Å²) < 4.78 is 0.954. The Morgan fingerprint density at radius 3 is 1.93 bits per heavy atom. The Bertz CT molecular complexity index is 118. The second-order valence-electron chi connectivity index (χ2n) is 4.55. The molecule has 0 fully saturated rings. The summed E-state index contributed by atoms with van der Waals surface area (Å²) >= 11 is 5.83. The molecule has 88 valence electrons. The number of rotatable bonds is 8. The van der Waals surface area contributed by atoms with Crippen molar-refractivity contribution >= 4 is 11.6 Å². The molecule has 0 radical (unpaired) electrons. The zero-order valence-electron chi connectivity index (χ0n) is 9.86. The van der Waals surface area contributed by atoms with Crippen LogP contribution in [-0.4, -0.2) is 31.1 Å². The fraction of sp³-hybridized carbons (Fsp3) is 1.00. The standard InChI is InChI=1S/C11H25ClN.HI/c1-4-5-6-7-8-9-10-13(2,3)11-12;/h4-11H2,1-3H3;1H/q+1;/p-1. The molecule has 3 heteroatoms. The van der Waals surface area contributed by atoms with E-state index < -0.39 is 0 Å². The second kappa shape index (κ2) is 10.5. The van der Waals surface area contributed by atoms with Crippen LogP contribution in [0, 0.1) is 0 Å². The maximum Gasteiger partial charge on any atom is 0.154 e. The molecule has 0 atom stereocenters. The molecule has 0 aliphatic heterocycles. The van der Waals surface area contributed by atoms with Gasteiger partial charge in [-0.3, -0.25) is 0 Å². The lowest BCUT2D eigenvalue weighted by Gasteiger charge is -2.26. The van der Waals surface area contributed by atoms with Gasteiger partial charge in [-0.05, 0) is 12.8 Å². The molecule has 0 heterocycles. The first-order valence-electron chi connectivity index (χ1n) is 5.50. The smallest absolute Gasteiger partial charge is 0.154 e. The van der Waals surface area contributed by atoms with E-state index in [0.29, 0.717) is 0 Å². The fourth-order valence-electron chi connectivity index (χ4n) is 1.38. The first kappa shape index (κ1) is 17.4. The van der Waals surface area contributed by atoms with Gasteiger partial charge in [-0.1, -0.05) is 44.2 Å². The highest BCUT2D eigenvalue weighted by molar-refractivity contribution is 6.16. The van der Waals surface area contributed by atoms with Crippen LogP contribution in [0.2, 0.25) is 0 Å². The van der Waals surface area contributed by atoms with Gasteiger partial charge in [0.1, 0.15) is 0 Å². The molecule has 0 saturated heterocycles. The SMILES string of the molecule is CCCCCCCC[N+](C)(C)CCl.[I-]. The molecule has 0 rings (SSSR count). The maximum atomic E-state index is 5.83. The van der Waals surface area contributed by atoms with Crippen LogP contribution in [0.15, 0.2) is 0 Å². The Kier molecular flexibility index (Phi) is 13.0. The first-order chi connectivity index (χ1) is 6.12. The van der Waals surface area contributed by atoms with E-state index in [2.05, 4.69) is 21.0 Å². The fourth-order valence-corrected chi connectivity index (χ4v) is 1.50. The maximum absolute atomic E-state index is 5.83. The summed E-state index contributed by atoms with van der Waals surface area (Å²) in [6.07, 6.45) is 8.24. The zero-order valence-corrected chi connectivity index (χ0v) is 12.8. The van der Waals surface area contributed by atoms with Crippen LogP contribution in [0.1, 0.15) is 45.4 Å². The summed E-state index contributed by atoms with van der Waals surface area (Å²) in [6, 6.07) is 0.731.